The molecule has 0 aliphatic heterocycles. The summed E-state index contributed by atoms with van der Waals surface area (Å²) in [6, 6.07) is 12.5. The van der Waals surface area contributed by atoms with Crippen molar-refractivity contribution in [3.8, 4) is 0 Å². The number of imidazole rings is 1. The number of rotatable bonds is 4. The molecule has 0 atom stereocenters. The monoisotopic (exact) mass is 311 g/mol. The predicted molar refractivity (Wildman–Crippen MR) is 87.1 cm³/mol. The summed E-state index contributed by atoms with van der Waals surface area (Å²) < 4.78 is 1.49. The average Bonchev–Trinajstić information content (AvgIpc) is 2.86. The van der Waals surface area contributed by atoms with Crippen LogP contribution < -0.4 is 11.0 Å². The van der Waals surface area contributed by atoms with Crippen LogP contribution in [0.5, 0.6) is 0 Å². The van der Waals surface area contributed by atoms with Crippen LogP contribution in [0, 0.1) is 0 Å². The molecule has 6 nitrogen and oxygen atoms in total. The maximum Gasteiger partial charge on any atom is 0.326 e. The van der Waals surface area contributed by atoms with Crippen LogP contribution in [0.4, 0.5) is 0 Å². The van der Waals surface area contributed by atoms with Crippen LogP contribution in [0.2, 0.25) is 0 Å². The Labute approximate surface area is 132 Å². The fourth-order valence-corrected chi connectivity index (χ4v) is 2.54. The lowest BCUT2D eigenvalue weighted by atomic mass is 10.1. The molecule has 0 aliphatic rings. The zero-order chi connectivity index (χ0) is 16.4. The summed E-state index contributed by atoms with van der Waals surface area (Å²) >= 11 is 0. The number of carbonyl (C=O) groups is 1. The van der Waals surface area contributed by atoms with E-state index < -0.39 is 0 Å². The smallest absolute Gasteiger partial charge is 0.326 e. The number of amides is 1. The minimum Gasteiger partial charge on any atom is -0.392 e. The van der Waals surface area contributed by atoms with Crippen molar-refractivity contribution < 1.29 is 9.90 Å². The summed E-state index contributed by atoms with van der Waals surface area (Å²) in [7, 11) is 1.67. The number of aryl methyl sites for hydroxylation is 1. The van der Waals surface area contributed by atoms with Crippen molar-refractivity contribution in [2.75, 3.05) is 0 Å². The van der Waals surface area contributed by atoms with Crippen LogP contribution in [0.1, 0.15) is 21.5 Å². The zero-order valence-corrected chi connectivity index (χ0v) is 12.7. The lowest BCUT2D eigenvalue weighted by Gasteiger charge is -2.09. The lowest BCUT2D eigenvalue weighted by Crippen LogP contribution is -2.23. The second kappa shape index (κ2) is 6.10. The van der Waals surface area contributed by atoms with Gasteiger partial charge in [-0.05, 0) is 29.3 Å². The number of hydrogen-bond acceptors (Lipinski definition) is 3. The molecule has 1 amide bonds. The maximum atomic E-state index is 12.3. The lowest BCUT2D eigenvalue weighted by molar-refractivity contribution is 0.0950. The van der Waals surface area contributed by atoms with E-state index in [0.717, 1.165) is 16.6 Å². The van der Waals surface area contributed by atoms with Crippen LogP contribution in [-0.2, 0) is 20.2 Å². The fourth-order valence-electron chi connectivity index (χ4n) is 2.54. The molecule has 0 radical (unpaired) electrons. The first-order valence-corrected chi connectivity index (χ1v) is 7.24. The molecule has 118 valence electrons. The van der Waals surface area contributed by atoms with Gasteiger partial charge in [-0.25, -0.2) is 4.79 Å². The molecule has 0 bridgehead atoms. The summed E-state index contributed by atoms with van der Waals surface area (Å²) in [6.45, 7) is 0.266. The number of H-pyrrole nitrogens is 1. The number of aliphatic hydroxyl groups is 1. The molecule has 23 heavy (non-hydrogen) atoms. The Kier molecular flexibility index (Phi) is 3.99. The van der Waals surface area contributed by atoms with Gasteiger partial charge in [-0.2, -0.15) is 0 Å². The van der Waals surface area contributed by atoms with Gasteiger partial charge >= 0.3 is 5.69 Å². The molecule has 3 rings (SSSR count). The number of aromatic nitrogens is 2. The van der Waals surface area contributed by atoms with E-state index in [1.54, 1.807) is 25.2 Å². The third kappa shape index (κ3) is 2.89. The second-order valence-electron chi connectivity index (χ2n) is 5.33. The van der Waals surface area contributed by atoms with Gasteiger partial charge in [0.05, 0.1) is 17.6 Å². The number of benzene rings is 2. The minimum absolute atomic E-state index is 0.0662. The van der Waals surface area contributed by atoms with Crippen molar-refractivity contribution in [2.45, 2.75) is 13.2 Å². The molecular formula is C17H17N3O3. The van der Waals surface area contributed by atoms with Crippen LogP contribution in [0.3, 0.4) is 0 Å². The molecule has 0 aliphatic carbocycles. The molecule has 0 fully saturated rings. The van der Waals surface area contributed by atoms with Crippen LogP contribution in [0.15, 0.2) is 47.3 Å². The molecule has 0 saturated carbocycles. The maximum absolute atomic E-state index is 12.3. The Balaban J connectivity index is 1.79. The Morgan fingerprint density at radius 1 is 1.22 bits per heavy atom. The molecule has 1 aromatic heterocycles. The van der Waals surface area contributed by atoms with Gasteiger partial charge in [-0.15, -0.1) is 0 Å². The zero-order valence-electron chi connectivity index (χ0n) is 12.7. The first kappa shape index (κ1) is 15.1. The van der Waals surface area contributed by atoms with Crippen molar-refractivity contribution in [3.63, 3.8) is 0 Å². The third-order valence-electron chi connectivity index (χ3n) is 3.89. The predicted octanol–water partition coefficient (Wildman–Crippen LogP) is 1.29. The quantitative estimate of drug-likeness (QED) is 0.678. The molecule has 0 saturated heterocycles. The van der Waals surface area contributed by atoms with Gasteiger partial charge in [0.2, 0.25) is 0 Å². The van der Waals surface area contributed by atoms with Gasteiger partial charge in [-0.1, -0.05) is 24.3 Å². The van der Waals surface area contributed by atoms with E-state index in [9.17, 15) is 14.7 Å². The highest BCUT2D eigenvalue weighted by Gasteiger charge is 2.10. The van der Waals surface area contributed by atoms with Gasteiger partial charge in [0, 0.05) is 19.2 Å². The van der Waals surface area contributed by atoms with Gasteiger partial charge in [0.1, 0.15) is 0 Å². The molecule has 3 N–H and O–H groups in total. The standard InChI is InChI=1S/C17H17N3O3/c1-20-15-7-6-11(8-14(15)19-17(20)23)16(22)18-9-12-4-2-3-5-13(12)10-21/h2-8,21H,9-10H2,1H3,(H,18,22)(H,19,23). The Morgan fingerprint density at radius 2 is 1.96 bits per heavy atom. The van der Waals surface area contributed by atoms with Gasteiger partial charge in [0.25, 0.3) is 5.91 Å². The van der Waals surface area contributed by atoms with Crippen LogP contribution >= 0.6 is 0 Å². The Morgan fingerprint density at radius 3 is 2.70 bits per heavy atom. The topological polar surface area (TPSA) is 87.1 Å². The highest BCUT2D eigenvalue weighted by Crippen LogP contribution is 2.13. The van der Waals surface area contributed by atoms with Crippen molar-refractivity contribution in [1.29, 1.82) is 0 Å². The molecule has 3 aromatic rings. The first-order valence-electron chi connectivity index (χ1n) is 7.24. The van der Waals surface area contributed by atoms with E-state index in [1.807, 2.05) is 24.3 Å². The SMILES string of the molecule is Cn1c(=O)[nH]c2cc(C(=O)NCc3ccccc3CO)ccc21. The summed E-state index contributed by atoms with van der Waals surface area (Å²) in [6.07, 6.45) is 0. The van der Waals surface area contributed by atoms with Crippen molar-refractivity contribution in [1.82, 2.24) is 14.9 Å². The third-order valence-corrected chi connectivity index (χ3v) is 3.89. The van der Waals surface area contributed by atoms with Gasteiger partial charge < -0.3 is 15.4 Å². The molecule has 2 aromatic carbocycles. The minimum atomic E-state index is -0.232. The number of nitrogens with zero attached hydrogens (tertiary/aromatic N) is 1. The molecule has 1 heterocycles. The average molecular weight is 311 g/mol. The number of hydrogen-bond donors (Lipinski definition) is 3. The van der Waals surface area contributed by atoms with Crippen LogP contribution in [-0.4, -0.2) is 20.6 Å². The molecule has 0 unspecified atom stereocenters. The summed E-state index contributed by atoms with van der Waals surface area (Å²) in [4.78, 5) is 26.6. The van der Waals surface area contributed by atoms with Gasteiger partial charge in [-0.3, -0.25) is 9.36 Å². The number of aliphatic hydroxyl groups excluding tert-OH is 1. The number of aromatic amines is 1. The van der Waals surface area contributed by atoms with Crippen molar-refractivity contribution >= 4 is 16.9 Å². The summed E-state index contributed by atoms with van der Waals surface area (Å²) in [5.41, 5.74) is 3.29. The number of carbonyl (C=O) groups excluding carboxylic acids is 1. The van der Waals surface area contributed by atoms with E-state index >= 15 is 0 Å². The largest absolute Gasteiger partial charge is 0.392 e. The molecule has 6 heteroatoms. The number of fused-ring (bicyclic) bond motifs is 1. The highest BCUT2D eigenvalue weighted by molar-refractivity contribution is 5.97. The van der Waals surface area contributed by atoms with Crippen molar-refractivity contribution in [2.24, 2.45) is 7.05 Å². The molecular weight excluding hydrogens is 294 g/mol. The molecule has 0 spiro atoms. The summed E-state index contributed by atoms with van der Waals surface area (Å²) in [5, 5.41) is 12.1. The number of nitrogens with one attached hydrogen (secondary N) is 2. The summed E-state index contributed by atoms with van der Waals surface area (Å²) in [5.74, 6) is -0.232. The van der Waals surface area contributed by atoms with E-state index in [4.69, 9.17) is 0 Å². The Hall–Kier alpha value is -2.86. The van der Waals surface area contributed by atoms with E-state index in [2.05, 4.69) is 10.3 Å². The van der Waals surface area contributed by atoms with Crippen molar-refractivity contribution in [3.05, 3.63) is 69.6 Å². The second-order valence-corrected chi connectivity index (χ2v) is 5.33. The van der Waals surface area contributed by atoms with E-state index in [1.165, 1.54) is 4.57 Å². The highest BCUT2D eigenvalue weighted by atomic mass is 16.3. The van der Waals surface area contributed by atoms with Crippen LogP contribution in [0.25, 0.3) is 11.0 Å². The first-order chi connectivity index (χ1) is 11.1. The van der Waals surface area contributed by atoms with E-state index in [0.29, 0.717) is 17.6 Å². The Bertz CT molecular complexity index is 924. The van der Waals surface area contributed by atoms with Gasteiger partial charge in [0.15, 0.2) is 0 Å². The fraction of sp³-hybridized carbons (Fsp3) is 0.176. The normalized spacial score (nSPS) is 10.9. The van der Waals surface area contributed by atoms with E-state index in [-0.39, 0.29) is 18.2 Å².